The van der Waals surface area contributed by atoms with Gasteiger partial charge in [0.2, 0.25) is 5.91 Å². The van der Waals surface area contributed by atoms with Crippen LogP contribution in [-0.2, 0) is 4.79 Å². The van der Waals surface area contributed by atoms with Crippen LogP contribution < -0.4 is 5.32 Å². The second-order valence-electron chi connectivity index (χ2n) is 5.32. The summed E-state index contributed by atoms with van der Waals surface area (Å²) in [6.07, 6.45) is 3.38. The fraction of sp³-hybridized carbons (Fsp3) is 0.923. The summed E-state index contributed by atoms with van der Waals surface area (Å²) in [6.45, 7) is 6.13. The molecule has 0 radical (unpaired) electrons. The van der Waals surface area contributed by atoms with Crippen molar-refractivity contribution < 1.29 is 9.90 Å². The fourth-order valence-electron chi connectivity index (χ4n) is 2.84. The Balaban J connectivity index is 2.71. The lowest BCUT2D eigenvalue weighted by molar-refractivity contribution is -0.144. The minimum atomic E-state index is -0.454. The van der Waals surface area contributed by atoms with Crippen molar-refractivity contribution in [1.82, 2.24) is 10.2 Å². The first-order valence-electron chi connectivity index (χ1n) is 6.66. The van der Waals surface area contributed by atoms with Gasteiger partial charge in [0.25, 0.3) is 0 Å². The number of piperidine rings is 1. The predicted molar refractivity (Wildman–Crippen MR) is 68.8 cm³/mol. The Morgan fingerprint density at radius 3 is 2.53 bits per heavy atom. The summed E-state index contributed by atoms with van der Waals surface area (Å²) >= 11 is 0. The third-order valence-corrected chi connectivity index (χ3v) is 3.63. The fourth-order valence-corrected chi connectivity index (χ4v) is 2.84. The molecule has 1 fully saturated rings. The van der Waals surface area contributed by atoms with Gasteiger partial charge < -0.3 is 15.3 Å². The number of rotatable bonds is 5. The molecule has 0 aromatic carbocycles. The predicted octanol–water partition coefficient (Wildman–Crippen LogP) is 0.995. The summed E-state index contributed by atoms with van der Waals surface area (Å²) in [6, 6.07) is 0. The number of carbonyl (C=O) groups is 1. The van der Waals surface area contributed by atoms with Crippen molar-refractivity contribution in [2.24, 2.45) is 5.41 Å². The molecule has 4 nitrogen and oxygen atoms in total. The van der Waals surface area contributed by atoms with Gasteiger partial charge in [0.15, 0.2) is 0 Å². The van der Waals surface area contributed by atoms with Crippen LogP contribution >= 0.6 is 0 Å². The van der Waals surface area contributed by atoms with Gasteiger partial charge in [-0.25, -0.2) is 0 Å². The summed E-state index contributed by atoms with van der Waals surface area (Å²) in [4.78, 5) is 14.2. The number of nitrogens with one attached hydrogen (secondary N) is 1. The van der Waals surface area contributed by atoms with Gasteiger partial charge >= 0.3 is 0 Å². The van der Waals surface area contributed by atoms with E-state index < -0.39 is 6.10 Å². The van der Waals surface area contributed by atoms with Crippen LogP contribution in [0.1, 0.15) is 39.5 Å². The molecule has 0 bridgehead atoms. The molecule has 1 aliphatic heterocycles. The maximum Gasteiger partial charge on any atom is 0.228 e. The Kier molecular flexibility index (Phi) is 5.40. The molecule has 0 aliphatic carbocycles. The van der Waals surface area contributed by atoms with E-state index in [1.54, 1.807) is 18.9 Å². The zero-order valence-electron chi connectivity index (χ0n) is 11.3. The Morgan fingerprint density at radius 2 is 2.06 bits per heavy atom. The molecular formula is C13H26N2O2. The molecule has 1 unspecified atom stereocenters. The lowest BCUT2D eigenvalue weighted by atomic mass is 9.74. The van der Waals surface area contributed by atoms with E-state index in [2.05, 4.69) is 12.2 Å². The molecule has 1 amide bonds. The number of nitrogens with zero attached hydrogens (tertiary/aromatic N) is 1. The lowest BCUT2D eigenvalue weighted by Crippen LogP contribution is -2.49. The van der Waals surface area contributed by atoms with Crippen molar-refractivity contribution >= 4 is 5.91 Å². The van der Waals surface area contributed by atoms with Gasteiger partial charge in [-0.15, -0.1) is 0 Å². The van der Waals surface area contributed by atoms with Gasteiger partial charge in [0.05, 0.1) is 11.5 Å². The standard InChI is InChI=1S/C13H26N2O2/c1-4-5-13(6-8-14-9-7-13)12(17)15(3)10-11(2)16/h11,14,16H,4-10H2,1-3H3. The SMILES string of the molecule is CCCC1(C(=O)N(C)CC(C)O)CCNCC1. The van der Waals surface area contributed by atoms with Crippen LogP contribution in [0.3, 0.4) is 0 Å². The number of amides is 1. The zero-order chi connectivity index (χ0) is 12.9. The molecule has 4 heteroatoms. The number of carbonyl (C=O) groups excluding carboxylic acids is 1. The molecular weight excluding hydrogens is 216 g/mol. The van der Waals surface area contributed by atoms with Crippen molar-refractivity contribution in [3.8, 4) is 0 Å². The molecule has 1 saturated heterocycles. The summed E-state index contributed by atoms with van der Waals surface area (Å²) in [7, 11) is 1.80. The Hall–Kier alpha value is -0.610. The lowest BCUT2D eigenvalue weighted by Gasteiger charge is -2.39. The van der Waals surface area contributed by atoms with E-state index in [9.17, 15) is 9.90 Å². The number of aliphatic hydroxyl groups is 1. The Bertz CT molecular complexity index is 242. The van der Waals surface area contributed by atoms with Gasteiger partial charge in [-0.1, -0.05) is 13.3 Å². The van der Waals surface area contributed by atoms with Crippen molar-refractivity contribution in [3.05, 3.63) is 0 Å². The topological polar surface area (TPSA) is 52.6 Å². The Morgan fingerprint density at radius 1 is 1.47 bits per heavy atom. The third kappa shape index (κ3) is 3.68. The second-order valence-corrected chi connectivity index (χ2v) is 5.32. The first-order valence-corrected chi connectivity index (χ1v) is 6.66. The highest BCUT2D eigenvalue weighted by Gasteiger charge is 2.40. The average Bonchev–Trinajstić information content (AvgIpc) is 2.28. The normalized spacial score (nSPS) is 20.9. The van der Waals surface area contributed by atoms with Gasteiger partial charge in [-0.3, -0.25) is 4.79 Å². The summed E-state index contributed by atoms with van der Waals surface area (Å²) in [5.41, 5.74) is -0.191. The van der Waals surface area contributed by atoms with Crippen LogP contribution in [0.25, 0.3) is 0 Å². The second kappa shape index (κ2) is 6.36. The molecule has 0 spiro atoms. The molecule has 0 aromatic heterocycles. The molecule has 2 N–H and O–H groups in total. The smallest absolute Gasteiger partial charge is 0.228 e. The first kappa shape index (κ1) is 14.5. The number of hydrogen-bond donors (Lipinski definition) is 2. The molecule has 0 aromatic rings. The van der Waals surface area contributed by atoms with E-state index in [4.69, 9.17) is 0 Å². The zero-order valence-corrected chi connectivity index (χ0v) is 11.3. The number of likely N-dealkylation sites (N-methyl/N-ethyl adjacent to an activating group) is 1. The van der Waals surface area contributed by atoms with E-state index >= 15 is 0 Å². The summed E-state index contributed by atoms with van der Waals surface area (Å²) in [5, 5.41) is 12.7. The highest BCUT2D eigenvalue weighted by molar-refractivity contribution is 5.82. The van der Waals surface area contributed by atoms with E-state index in [1.807, 2.05) is 0 Å². The van der Waals surface area contributed by atoms with Gasteiger partial charge in [0.1, 0.15) is 0 Å². The highest BCUT2D eigenvalue weighted by Crippen LogP contribution is 2.35. The summed E-state index contributed by atoms with van der Waals surface area (Å²) < 4.78 is 0. The first-order chi connectivity index (χ1) is 8.02. The van der Waals surface area contributed by atoms with Crippen LogP contribution in [0, 0.1) is 5.41 Å². The maximum atomic E-state index is 12.5. The third-order valence-electron chi connectivity index (χ3n) is 3.63. The highest BCUT2D eigenvalue weighted by atomic mass is 16.3. The van der Waals surface area contributed by atoms with Crippen molar-refractivity contribution in [3.63, 3.8) is 0 Å². The van der Waals surface area contributed by atoms with E-state index in [1.165, 1.54) is 0 Å². The summed E-state index contributed by atoms with van der Waals surface area (Å²) in [5.74, 6) is 0.210. The van der Waals surface area contributed by atoms with E-state index in [0.717, 1.165) is 38.8 Å². The van der Waals surface area contributed by atoms with Crippen molar-refractivity contribution in [1.29, 1.82) is 0 Å². The quantitative estimate of drug-likeness (QED) is 0.756. The monoisotopic (exact) mass is 242 g/mol. The van der Waals surface area contributed by atoms with E-state index in [0.29, 0.717) is 6.54 Å². The minimum absolute atomic E-state index is 0.191. The average molecular weight is 242 g/mol. The number of aliphatic hydroxyl groups excluding tert-OH is 1. The minimum Gasteiger partial charge on any atom is -0.392 e. The van der Waals surface area contributed by atoms with Gasteiger partial charge in [0, 0.05) is 13.6 Å². The molecule has 1 aliphatic rings. The molecule has 17 heavy (non-hydrogen) atoms. The van der Waals surface area contributed by atoms with Crippen LogP contribution in [0.5, 0.6) is 0 Å². The van der Waals surface area contributed by atoms with Crippen LogP contribution in [0.15, 0.2) is 0 Å². The number of hydrogen-bond acceptors (Lipinski definition) is 3. The van der Waals surface area contributed by atoms with Gasteiger partial charge in [-0.2, -0.15) is 0 Å². The van der Waals surface area contributed by atoms with Crippen molar-refractivity contribution in [2.75, 3.05) is 26.7 Å². The largest absolute Gasteiger partial charge is 0.392 e. The molecule has 0 saturated carbocycles. The van der Waals surface area contributed by atoms with Crippen LogP contribution in [-0.4, -0.2) is 48.7 Å². The molecule has 1 rings (SSSR count). The van der Waals surface area contributed by atoms with Crippen molar-refractivity contribution in [2.45, 2.75) is 45.6 Å². The molecule has 1 heterocycles. The maximum absolute atomic E-state index is 12.5. The van der Waals surface area contributed by atoms with Crippen LogP contribution in [0.2, 0.25) is 0 Å². The van der Waals surface area contributed by atoms with Gasteiger partial charge in [-0.05, 0) is 39.3 Å². The molecule has 1 atom stereocenters. The Labute approximate surface area is 104 Å². The molecule has 100 valence electrons. The van der Waals surface area contributed by atoms with E-state index in [-0.39, 0.29) is 11.3 Å². The van der Waals surface area contributed by atoms with Crippen LogP contribution in [0.4, 0.5) is 0 Å².